The number of hydrogen-bond acceptors (Lipinski definition) is 5. The fraction of sp³-hybridized carbons (Fsp3) is 0.632. The fourth-order valence-corrected chi connectivity index (χ4v) is 3.73. The average Bonchev–Trinajstić information content (AvgIpc) is 2.68. The second-order valence-corrected chi connectivity index (χ2v) is 7.30. The maximum absolute atomic E-state index is 13.2. The van der Waals surface area contributed by atoms with E-state index in [1.807, 2.05) is 9.80 Å². The molecule has 2 saturated heterocycles. The first-order valence-corrected chi connectivity index (χ1v) is 9.54. The Balaban J connectivity index is 1.74. The first-order chi connectivity index (χ1) is 13.4. The first-order valence-electron chi connectivity index (χ1n) is 9.54. The van der Waals surface area contributed by atoms with Crippen LogP contribution in [0, 0.1) is 5.92 Å². The number of hydrogen-bond donors (Lipinski definition) is 2. The van der Waals surface area contributed by atoms with Gasteiger partial charge in [0, 0.05) is 26.2 Å². The van der Waals surface area contributed by atoms with Crippen LogP contribution in [0.4, 0.5) is 24.5 Å². The van der Waals surface area contributed by atoms with Crippen molar-refractivity contribution >= 4 is 17.3 Å². The van der Waals surface area contributed by atoms with Crippen LogP contribution in [0.3, 0.4) is 0 Å². The number of aliphatic hydroxyl groups excluding tert-OH is 1. The number of benzene rings is 1. The van der Waals surface area contributed by atoms with E-state index >= 15 is 0 Å². The number of piperidine rings is 1. The lowest BCUT2D eigenvalue weighted by Gasteiger charge is -2.32. The minimum absolute atomic E-state index is 0.0763. The molecule has 2 aliphatic rings. The van der Waals surface area contributed by atoms with Crippen LogP contribution in [0.25, 0.3) is 0 Å². The highest BCUT2D eigenvalue weighted by molar-refractivity contribution is 5.95. The monoisotopic (exact) mass is 401 g/mol. The Morgan fingerprint density at radius 1 is 1.25 bits per heavy atom. The third-order valence-electron chi connectivity index (χ3n) is 5.18. The smallest absolute Gasteiger partial charge is 0.396 e. The SMILES string of the molecule is O=C(CN1CCCC(CO)C1)Nc1cc(C(F)(F)F)ccc1N1CCOCC1. The minimum Gasteiger partial charge on any atom is -0.396 e. The lowest BCUT2D eigenvalue weighted by molar-refractivity contribution is -0.137. The van der Waals surface area contributed by atoms with Crippen LogP contribution in [0.2, 0.25) is 0 Å². The maximum atomic E-state index is 13.2. The van der Waals surface area contributed by atoms with Crippen LogP contribution < -0.4 is 10.2 Å². The van der Waals surface area contributed by atoms with Crippen LogP contribution in [0.5, 0.6) is 0 Å². The fourth-order valence-electron chi connectivity index (χ4n) is 3.73. The van der Waals surface area contributed by atoms with Crippen molar-refractivity contribution in [2.75, 3.05) is 62.8 Å². The van der Waals surface area contributed by atoms with Crippen LogP contribution >= 0.6 is 0 Å². The summed E-state index contributed by atoms with van der Waals surface area (Å²) in [5.41, 5.74) is -0.0629. The number of ether oxygens (including phenoxy) is 1. The second-order valence-electron chi connectivity index (χ2n) is 7.30. The molecule has 6 nitrogen and oxygen atoms in total. The van der Waals surface area contributed by atoms with Crippen LogP contribution in [0.15, 0.2) is 18.2 Å². The van der Waals surface area contributed by atoms with E-state index in [0.29, 0.717) is 38.5 Å². The molecular weight excluding hydrogens is 375 g/mol. The van der Waals surface area contributed by atoms with Crippen LogP contribution in [-0.4, -0.2) is 68.5 Å². The minimum atomic E-state index is -4.48. The highest BCUT2D eigenvalue weighted by Crippen LogP contribution is 2.35. The zero-order valence-corrected chi connectivity index (χ0v) is 15.7. The highest BCUT2D eigenvalue weighted by atomic mass is 19.4. The van der Waals surface area contributed by atoms with E-state index in [-0.39, 0.29) is 30.7 Å². The van der Waals surface area contributed by atoms with E-state index in [9.17, 15) is 23.1 Å². The largest absolute Gasteiger partial charge is 0.416 e. The van der Waals surface area contributed by atoms with Crippen molar-refractivity contribution in [1.29, 1.82) is 0 Å². The van der Waals surface area contributed by atoms with Crippen LogP contribution in [-0.2, 0) is 15.7 Å². The normalized spacial score (nSPS) is 21.6. The summed E-state index contributed by atoms with van der Waals surface area (Å²) < 4.78 is 44.8. The Kier molecular flexibility index (Phi) is 6.79. The average molecular weight is 401 g/mol. The summed E-state index contributed by atoms with van der Waals surface area (Å²) in [6, 6.07) is 3.44. The van der Waals surface area contributed by atoms with Gasteiger partial charge in [0.2, 0.25) is 5.91 Å². The van der Waals surface area contributed by atoms with Gasteiger partial charge in [-0.05, 0) is 43.5 Å². The molecule has 0 saturated carbocycles. The number of carbonyl (C=O) groups excluding carboxylic acids is 1. The quantitative estimate of drug-likeness (QED) is 0.792. The van der Waals surface area contributed by atoms with Gasteiger partial charge in [-0.15, -0.1) is 0 Å². The van der Waals surface area contributed by atoms with Gasteiger partial charge in [-0.3, -0.25) is 9.69 Å². The Labute approximate surface area is 162 Å². The molecule has 2 heterocycles. The number of likely N-dealkylation sites (tertiary alicyclic amines) is 1. The molecule has 28 heavy (non-hydrogen) atoms. The van der Waals surface area contributed by atoms with Gasteiger partial charge in [-0.1, -0.05) is 0 Å². The zero-order chi connectivity index (χ0) is 20.1. The topological polar surface area (TPSA) is 65.0 Å². The summed E-state index contributed by atoms with van der Waals surface area (Å²) in [5, 5.41) is 12.0. The van der Waals surface area contributed by atoms with Gasteiger partial charge in [0.05, 0.1) is 36.7 Å². The predicted octanol–water partition coefficient (Wildman–Crippen LogP) is 2.18. The molecule has 1 atom stereocenters. The molecular formula is C19H26F3N3O3. The maximum Gasteiger partial charge on any atom is 0.416 e. The molecule has 0 aliphatic carbocycles. The van der Waals surface area contributed by atoms with Gasteiger partial charge in [0.1, 0.15) is 0 Å². The van der Waals surface area contributed by atoms with Crippen molar-refractivity contribution in [2.45, 2.75) is 19.0 Å². The standard InChI is InChI=1S/C19H26F3N3O3/c20-19(21,22)15-3-4-17(25-6-8-28-9-7-25)16(10-15)23-18(27)12-24-5-1-2-14(11-24)13-26/h3-4,10,14,26H,1-2,5-9,11-13H2,(H,23,27). The van der Waals surface area contributed by atoms with Crippen molar-refractivity contribution in [3.8, 4) is 0 Å². The van der Waals surface area contributed by atoms with Crippen molar-refractivity contribution in [2.24, 2.45) is 5.92 Å². The summed E-state index contributed by atoms with van der Waals surface area (Å²) in [5.74, 6) is -0.216. The number of aliphatic hydroxyl groups is 1. The molecule has 1 amide bonds. The summed E-state index contributed by atoms with van der Waals surface area (Å²) in [4.78, 5) is 16.4. The summed E-state index contributed by atoms with van der Waals surface area (Å²) in [6.07, 6.45) is -2.67. The lowest BCUT2D eigenvalue weighted by atomic mass is 9.99. The van der Waals surface area contributed by atoms with Gasteiger partial charge in [-0.25, -0.2) is 0 Å². The molecule has 1 unspecified atom stereocenters. The Morgan fingerprint density at radius 3 is 2.68 bits per heavy atom. The van der Waals surface area contributed by atoms with E-state index in [2.05, 4.69) is 5.32 Å². The van der Waals surface area contributed by atoms with E-state index < -0.39 is 11.7 Å². The van der Waals surface area contributed by atoms with E-state index in [1.54, 1.807) is 0 Å². The van der Waals surface area contributed by atoms with Crippen molar-refractivity contribution in [1.82, 2.24) is 4.90 Å². The molecule has 2 aliphatic heterocycles. The molecule has 0 radical (unpaired) electrons. The van der Waals surface area contributed by atoms with Crippen molar-refractivity contribution in [3.63, 3.8) is 0 Å². The third kappa shape index (κ3) is 5.36. The van der Waals surface area contributed by atoms with E-state index in [4.69, 9.17) is 4.74 Å². The number of halogens is 3. The molecule has 2 N–H and O–H groups in total. The van der Waals surface area contributed by atoms with Crippen molar-refractivity contribution < 1.29 is 27.8 Å². The van der Waals surface area contributed by atoms with Gasteiger partial charge in [-0.2, -0.15) is 13.2 Å². The molecule has 156 valence electrons. The highest BCUT2D eigenvalue weighted by Gasteiger charge is 2.32. The first kappa shape index (κ1) is 20.9. The number of morpholine rings is 1. The van der Waals surface area contributed by atoms with E-state index in [0.717, 1.165) is 31.5 Å². The van der Waals surface area contributed by atoms with Gasteiger partial charge in [0.25, 0.3) is 0 Å². The third-order valence-corrected chi connectivity index (χ3v) is 5.18. The van der Waals surface area contributed by atoms with Crippen molar-refractivity contribution in [3.05, 3.63) is 23.8 Å². The number of nitrogens with one attached hydrogen (secondary N) is 1. The lowest BCUT2D eigenvalue weighted by Crippen LogP contribution is -2.41. The zero-order valence-electron chi connectivity index (χ0n) is 15.7. The predicted molar refractivity (Wildman–Crippen MR) is 99.4 cm³/mol. The molecule has 0 aromatic heterocycles. The van der Waals surface area contributed by atoms with Gasteiger partial charge >= 0.3 is 6.18 Å². The molecule has 0 spiro atoms. The van der Waals surface area contributed by atoms with Gasteiger partial charge < -0.3 is 20.1 Å². The van der Waals surface area contributed by atoms with Crippen LogP contribution in [0.1, 0.15) is 18.4 Å². The molecule has 1 aromatic carbocycles. The number of anilines is 2. The second kappa shape index (κ2) is 9.11. The number of amides is 1. The van der Waals surface area contributed by atoms with Gasteiger partial charge in [0.15, 0.2) is 0 Å². The Bertz CT molecular complexity index is 678. The molecule has 9 heteroatoms. The molecule has 3 rings (SSSR count). The van der Waals surface area contributed by atoms with E-state index in [1.165, 1.54) is 6.07 Å². The number of nitrogens with zero attached hydrogens (tertiary/aromatic N) is 2. The summed E-state index contributed by atoms with van der Waals surface area (Å²) in [7, 11) is 0. The molecule has 0 bridgehead atoms. The summed E-state index contributed by atoms with van der Waals surface area (Å²) >= 11 is 0. The Morgan fingerprint density at radius 2 is 2.00 bits per heavy atom. The molecule has 2 fully saturated rings. The summed E-state index contributed by atoms with van der Waals surface area (Å²) in [6.45, 7) is 3.61. The number of rotatable bonds is 5. The molecule has 1 aromatic rings. The Hall–Kier alpha value is -1.84. The number of carbonyl (C=O) groups is 1. The number of alkyl halides is 3.